The number of benzene rings is 1. The standard InChI is InChI=1S/C19H15F3N4O5/c20-19(21,22)31-15-3-1-12(2-4-15)13-5-6-23-14(7-13)10-29-16-8-25-9-17(26(27)28)24-18(25)30-11-16/h1-7,9,16H,8,10-11H2/t16-/m0/s1. The minimum atomic E-state index is -4.74. The number of rotatable bonds is 6. The Balaban J connectivity index is 1.38. The van der Waals surface area contributed by atoms with Crippen LogP contribution in [0.1, 0.15) is 5.69 Å². The van der Waals surface area contributed by atoms with Gasteiger partial charge in [0.25, 0.3) is 0 Å². The number of alkyl halides is 3. The highest BCUT2D eigenvalue weighted by Gasteiger charge is 2.31. The smallest absolute Gasteiger partial charge is 0.443 e. The average molecular weight is 436 g/mol. The van der Waals surface area contributed by atoms with E-state index in [4.69, 9.17) is 9.47 Å². The van der Waals surface area contributed by atoms with Crippen molar-refractivity contribution in [2.24, 2.45) is 0 Å². The van der Waals surface area contributed by atoms with Crippen LogP contribution in [-0.2, 0) is 17.9 Å². The van der Waals surface area contributed by atoms with Crippen molar-refractivity contribution in [1.29, 1.82) is 0 Å². The summed E-state index contributed by atoms with van der Waals surface area (Å²) in [6.45, 7) is 0.689. The van der Waals surface area contributed by atoms with Gasteiger partial charge in [0.15, 0.2) is 0 Å². The normalized spacial score (nSPS) is 15.8. The summed E-state index contributed by atoms with van der Waals surface area (Å²) in [6, 6.07) is 9.17. The molecule has 0 amide bonds. The molecule has 0 spiro atoms. The van der Waals surface area contributed by atoms with E-state index in [1.54, 1.807) is 18.3 Å². The van der Waals surface area contributed by atoms with Gasteiger partial charge in [0, 0.05) is 11.2 Å². The van der Waals surface area contributed by atoms with Crippen molar-refractivity contribution >= 4 is 5.82 Å². The molecule has 0 saturated heterocycles. The van der Waals surface area contributed by atoms with Gasteiger partial charge >= 0.3 is 18.2 Å². The maximum atomic E-state index is 12.3. The zero-order valence-corrected chi connectivity index (χ0v) is 15.8. The van der Waals surface area contributed by atoms with E-state index in [1.165, 1.54) is 35.0 Å². The first-order chi connectivity index (χ1) is 14.8. The monoisotopic (exact) mass is 436 g/mol. The molecule has 1 aromatic carbocycles. The predicted octanol–water partition coefficient (Wildman–Crippen LogP) is 3.73. The predicted molar refractivity (Wildman–Crippen MR) is 99.3 cm³/mol. The average Bonchev–Trinajstić information content (AvgIpc) is 3.16. The van der Waals surface area contributed by atoms with E-state index < -0.39 is 11.3 Å². The van der Waals surface area contributed by atoms with Crippen molar-refractivity contribution in [3.63, 3.8) is 0 Å². The van der Waals surface area contributed by atoms with Crippen LogP contribution in [0.4, 0.5) is 19.0 Å². The number of aromatic nitrogens is 3. The molecule has 3 heterocycles. The SMILES string of the molecule is O=[N+]([O-])c1cn2c(n1)OC[C@@H](OCc1cc(-c3ccc(OC(F)(F)F)cc3)ccn1)C2. The summed E-state index contributed by atoms with van der Waals surface area (Å²) in [5.74, 6) is -0.595. The topological polar surface area (TPSA) is 102 Å². The third-order valence-corrected chi connectivity index (χ3v) is 4.42. The molecule has 162 valence electrons. The number of fused-ring (bicyclic) bond motifs is 1. The van der Waals surface area contributed by atoms with Crippen LogP contribution in [-0.4, -0.2) is 38.5 Å². The molecule has 0 radical (unpaired) electrons. The van der Waals surface area contributed by atoms with E-state index >= 15 is 0 Å². The zero-order chi connectivity index (χ0) is 22.0. The van der Waals surface area contributed by atoms with Crippen molar-refractivity contribution in [2.75, 3.05) is 6.61 Å². The summed E-state index contributed by atoms with van der Waals surface area (Å²) < 4.78 is 53.5. The Morgan fingerprint density at radius 2 is 2.00 bits per heavy atom. The van der Waals surface area contributed by atoms with E-state index in [0.29, 0.717) is 17.8 Å². The summed E-state index contributed by atoms with van der Waals surface area (Å²) in [4.78, 5) is 18.2. The van der Waals surface area contributed by atoms with Crippen molar-refractivity contribution in [1.82, 2.24) is 14.5 Å². The van der Waals surface area contributed by atoms with Crippen molar-refractivity contribution in [2.45, 2.75) is 25.6 Å². The minimum Gasteiger partial charge on any atom is -0.443 e. The lowest BCUT2D eigenvalue weighted by Crippen LogP contribution is -2.32. The molecule has 0 bridgehead atoms. The van der Waals surface area contributed by atoms with Crippen LogP contribution in [0.25, 0.3) is 11.1 Å². The van der Waals surface area contributed by atoms with Crippen LogP contribution in [0.15, 0.2) is 48.8 Å². The molecule has 3 aromatic rings. The van der Waals surface area contributed by atoms with Gasteiger partial charge in [-0.15, -0.1) is 13.2 Å². The Labute approximate surface area is 173 Å². The van der Waals surface area contributed by atoms with E-state index in [-0.39, 0.29) is 36.9 Å². The van der Waals surface area contributed by atoms with Gasteiger partial charge in [-0.1, -0.05) is 12.1 Å². The van der Waals surface area contributed by atoms with Gasteiger partial charge in [-0.3, -0.25) is 9.55 Å². The lowest BCUT2D eigenvalue weighted by molar-refractivity contribution is -0.389. The highest BCUT2D eigenvalue weighted by atomic mass is 19.4. The van der Waals surface area contributed by atoms with Crippen LogP contribution in [0.5, 0.6) is 11.8 Å². The van der Waals surface area contributed by atoms with Gasteiger partial charge in [0.1, 0.15) is 24.7 Å². The Kier molecular flexibility index (Phi) is 5.46. The zero-order valence-electron chi connectivity index (χ0n) is 15.8. The lowest BCUT2D eigenvalue weighted by atomic mass is 10.1. The van der Waals surface area contributed by atoms with E-state index in [9.17, 15) is 23.3 Å². The number of nitro groups is 1. The fraction of sp³-hybridized carbons (Fsp3) is 0.263. The van der Waals surface area contributed by atoms with E-state index in [1.807, 2.05) is 0 Å². The molecule has 0 N–H and O–H groups in total. The Morgan fingerprint density at radius 3 is 2.71 bits per heavy atom. The second-order valence-corrected chi connectivity index (χ2v) is 6.64. The van der Waals surface area contributed by atoms with Crippen molar-refractivity contribution in [3.8, 4) is 22.9 Å². The first kappa shape index (κ1) is 20.6. The second kappa shape index (κ2) is 8.22. The highest BCUT2D eigenvalue weighted by molar-refractivity contribution is 5.64. The summed E-state index contributed by atoms with van der Waals surface area (Å²) in [6.07, 6.45) is -2.24. The maximum absolute atomic E-state index is 12.3. The van der Waals surface area contributed by atoms with Gasteiger partial charge < -0.3 is 24.3 Å². The molecule has 31 heavy (non-hydrogen) atoms. The Morgan fingerprint density at radius 1 is 1.23 bits per heavy atom. The number of hydrogen-bond acceptors (Lipinski definition) is 7. The van der Waals surface area contributed by atoms with Crippen molar-refractivity contribution < 1.29 is 32.3 Å². The number of ether oxygens (including phenoxy) is 3. The van der Waals surface area contributed by atoms with Crippen LogP contribution >= 0.6 is 0 Å². The summed E-state index contributed by atoms with van der Waals surface area (Å²) in [5, 5.41) is 10.8. The quantitative estimate of drug-likeness (QED) is 0.429. The molecule has 0 saturated carbocycles. The molecule has 2 aromatic heterocycles. The first-order valence-electron chi connectivity index (χ1n) is 9.04. The molecule has 0 unspecified atom stereocenters. The molecule has 1 atom stereocenters. The molecule has 0 fully saturated rings. The van der Waals surface area contributed by atoms with Gasteiger partial charge in [-0.25, -0.2) is 0 Å². The molecule has 12 heteroatoms. The first-order valence-corrected chi connectivity index (χ1v) is 9.04. The molecule has 0 aliphatic carbocycles. The Hall–Kier alpha value is -3.67. The van der Waals surface area contributed by atoms with E-state index in [2.05, 4.69) is 14.7 Å². The molecule has 1 aliphatic heterocycles. The minimum absolute atomic E-state index is 0.156. The fourth-order valence-electron chi connectivity index (χ4n) is 3.05. The lowest BCUT2D eigenvalue weighted by Gasteiger charge is -2.22. The van der Waals surface area contributed by atoms with Gasteiger partial charge in [0.05, 0.1) is 18.8 Å². The van der Waals surface area contributed by atoms with Crippen LogP contribution in [0, 0.1) is 10.1 Å². The molecule has 9 nitrogen and oxygen atoms in total. The van der Waals surface area contributed by atoms with Gasteiger partial charge in [-0.2, -0.15) is 0 Å². The molecular weight excluding hydrogens is 421 g/mol. The molecule has 1 aliphatic rings. The highest BCUT2D eigenvalue weighted by Crippen LogP contribution is 2.27. The summed E-state index contributed by atoms with van der Waals surface area (Å²) in [5.41, 5.74) is 2.05. The van der Waals surface area contributed by atoms with Gasteiger partial charge in [0.2, 0.25) is 0 Å². The third kappa shape index (κ3) is 5.09. The Bertz CT molecular complexity index is 1080. The fourth-order valence-corrected chi connectivity index (χ4v) is 3.05. The molecule has 4 rings (SSSR count). The van der Waals surface area contributed by atoms with E-state index in [0.717, 1.165) is 5.56 Å². The number of imidazole rings is 1. The third-order valence-electron chi connectivity index (χ3n) is 4.42. The number of hydrogen-bond donors (Lipinski definition) is 0. The summed E-state index contributed by atoms with van der Waals surface area (Å²) in [7, 11) is 0. The van der Waals surface area contributed by atoms with Crippen LogP contribution in [0.3, 0.4) is 0 Å². The largest absolute Gasteiger partial charge is 0.573 e. The van der Waals surface area contributed by atoms with Crippen LogP contribution < -0.4 is 9.47 Å². The van der Waals surface area contributed by atoms with Gasteiger partial charge in [-0.05, 0) is 40.3 Å². The van der Waals surface area contributed by atoms with Crippen molar-refractivity contribution in [3.05, 3.63) is 64.6 Å². The number of halogens is 3. The van der Waals surface area contributed by atoms with Crippen LogP contribution in [0.2, 0.25) is 0 Å². The molecular formula is C19H15F3N4O5. The summed E-state index contributed by atoms with van der Waals surface area (Å²) >= 11 is 0. The number of nitrogens with zero attached hydrogens (tertiary/aromatic N) is 4. The second-order valence-electron chi connectivity index (χ2n) is 6.64. The number of pyridine rings is 1. The maximum Gasteiger partial charge on any atom is 0.573 e.